The first-order valence-corrected chi connectivity index (χ1v) is 8.87. The van der Waals surface area contributed by atoms with E-state index in [4.69, 9.17) is 0 Å². The molecule has 0 saturated carbocycles. The van der Waals surface area contributed by atoms with Crippen LogP contribution in [-0.2, 0) is 6.42 Å². The molecule has 0 saturated heterocycles. The van der Waals surface area contributed by atoms with Crippen LogP contribution in [0.5, 0.6) is 0 Å². The summed E-state index contributed by atoms with van der Waals surface area (Å²) >= 11 is 0. The number of carbonyl (C=O) groups excluding carboxylic acids is 2. The number of hydrogen-bond donors (Lipinski definition) is 0. The summed E-state index contributed by atoms with van der Waals surface area (Å²) in [7, 11) is 1.82. The zero-order valence-electron chi connectivity index (χ0n) is 14.9. The molecule has 0 N–H and O–H groups in total. The first kappa shape index (κ1) is 17.2. The molecule has 1 aliphatic rings. The fourth-order valence-corrected chi connectivity index (χ4v) is 3.18. The van der Waals surface area contributed by atoms with E-state index in [9.17, 15) is 9.59 Å². The van der Waals surface area contributed by atoms with Crippen molar-refractivity contribution in [2.75, 3.05) is 25.0 Å². The van der Waals surface area contributed by atoms with Gasteiger partial charge in [0.15, 0.2) is 0 Å². The second-order valence-corrected chi connectivity index (χ2v) is 6.49. The van der Waals surface area contributed by atoms with Crippen molar-refractivity contribution in [2.24, 2.45) is 0 Å². The summed E-state index contributed by atoms with van der Waals surface area (Å²) in [5.74, 6) is -0.0118. The number of fused-ring (bicyclic) bond motifs is 1. The number of benzene rings is 2. The minimum Gasteiger partial charge on any atom is -0.342 e. The summed E-state index contributed by atoms with van der Waals surface area (Å²) < 4.78 is 0. The second-order valence-electron chi connectivity index (χ2n) is 6.49. The predicted octanol–water partition coefficient (Wildman–Crippen LogP) is 3.76. The number of para-hydroxylation sites is 1. The molecule has 3 rings (SSSR count). The van der Waals surface area contributed by atoms with Crippen LogP contribution in [0.15, 0.2) is 48.5 Å². The fourth-order valence-electron chi connectivity index (χ4n) is 3.18. The van der Waals surface area contributed by atoms with Gasteiger partial charge in [-0.3, -0.25) is 9.59 Å². The minimum atomic E-state index is -0.0108. The second kappa shape index (κ2) is 7.51. The third-order valence-corrected chi connectivity index (χ3v) is 4.70. The van der Waals surface area contributed by atoms with Gasteiger partial charge >= 0.3 is 0 Å². The topological polar surface area (TPSA) is 40.6 Å². The van der Waals surface area contributed by atoms with E-state index in [1.165, 1.54) is 5.56 Å². The molecular weight excluding hydrogens is 312 g/mol. The van der Waals surface area contributed by atoms with Crippen molar-refractivity contribution in [3.8, 4) is 0 Å². The van der Waals surface area contributed by atoms with Gasteiger partial charge < -0.3 is 9.80 Å². The Hall–Kier alpha value is -2.62. The molecule has 130 valence electrons. The summed E-state index contributed by atoms with van der Waals surface area (Å²) in [6.07, 6.45) is 2.94. The Kier molecular flexibility index (Phi) is 5.17. The van der Waals surface area contributed by atoms with Gasteiger partial charge in [0.05, 0.1) is 0 Å². The Balaban J connectivity index is 1.72. The molecule has 2 aromatic rings. The third-order valence-electron chi connectivity index (χ3n) is 4.70. The van der Waals surface area contributed by atoms with Crippen LogP contribution >= 0.6 is 0 Å². The zero-order chi connectivity index (χ0) is 17.8. The molecule has 1 aliphatic heterocycles. The van der Waals surface area contributed by atoms with Crippen LogP contribution in [-0.4, -0.2) is 36.9 Å². The zero-order valence-corrected chi connectivity index (χ0v) is 14.9. The summed E-state index contributed by atoms with van der Waals surface area (Å²) in [6, 6.07) is 15.0. The lowest BCUT2D eigenvalue weighted by atomic mass is 10.1. The van der Waals surface area contributed by atoms with Crippen LogP contribution in [0.25, 0.3) is 0 Å². The summed E-state index contributed by atoms with van der Waals surface area (Å²) in [5, 5.41) is 0. The molecule has 0 unspecified atom stereocenters. The van der Waals surface area contributed by atoms with E-state index in [-0.39, 0.29) is 11.8 Å². The Morgan fingerprint density at radius 2 is 1.72 bits per heavy atom. The number of nitrogens with zero attached hydrogens (tertiary/aromatic N) is 2. The molecule has 2 aromatic carbocycles. The maximum atomic E-state index is 12.8. The van der Waals surface area contributed by atoms with Crippen molar-refractivity contribution in [2.45, 2.75) is 26.2 Å². The van der Waals surface area contributed by atoms with Gasteiger partial charge in [-0.05, 0) is 48.7 Å². The van der Waals surface area contributed by atoms with Crippen molar-refractivity contribution >= 4 is 17.5 Å². The van der Waals surface area contributed by atoms with Crippen LogP contribution in [0.3, 0.4) is 0 Å². The highest BCUT2D eigenvalue weighted by Crippen LogP contribution is 2.28. The van der Waals surface area contributed by atoms with Crippen LogP contribution in [0.2, 0.25) is 0 Å². The van der Waals surface area contributed by atoms with Crippen molar-refractivity contribution < 1.29 is 9.59 Å². The van der Waals surface area contributed by atoms with Crippen LogP contribution in [0.1, 0.15) is 46.0 Å². The highest BCUT2D eigenvalue weighted by molar-refractivity contribution is 6.07. The van der Waals surface area contributed by atoms with E-state index >= 15 is 0 Å². The van der Waals surface area contributed by atoms with Crippen molar-refractivity contribution in [3.05, 3.63) is 65.2 Å². The molecule has 4 nitrogen and oxygen atoms in total. The summed E-state index contributed by atoms with van der Waals surface area (Å²) in [4.78, 5) is 28.7. The van der Waals surface area contributed by atoms with Gasteiger partial charge in [-0.25, -0.2) is 0 Å². The first-order valence-electron chi connectivity index (χ1n) is 8.87. The highest BCUT2D eigenvalue weighted by atomic mass is 16.2. The van der Waals surface area contributed by atoms with Crippen molar-refractivity contribution in [3.63, 3.8) is 0 Å². The quantitative estimate of drug-likeness (QED) is 0.834. The summed E-state index contributed by atoms with van der Waals surface area (Å²) in [5.41, 5.74) is 3.44. The average Bonchev–Trinajstić information content (AvgIpc) is 3.09. The molecule has 4 heteroatoms. The maximum absolute atomic E-state index is 12.8. The Labute approximate surface area is 149 Å². The molecule has 0 atom stereocenters. The summed E-state index contributed by atoms with van der Waals surface area (Å²) in [6.45, 7) is 3.56. The Bertz CT molecular complexity index is 768. The standard InChI is InChI=1S/C21H24N2O2/c1-3-4-14-22(2)20(24)17-9-11-18(12-10-17)21(25)23-15-13-16-7-5-6-8-19(16)23/h5-12H,3-4,13-15H2,1-2H3. The van der Waals surface area contributed by atoms with Crippen molar-refractivity contribution in [1.29, 1.82) is 0 Å². The average molecular weight is 336 g/mol. The molecule has 0 bridgehead atoms. The van der Waals surface area contributed by atoms with Gasteiger partial charge in [-0.15, -0.1) is 0 Å². The molecule has 1 heterocycles. The Morgan fingerprint density at radius 3 is 2.44 bits per heavy atom. The Morgan fingerprint density at radius 1 is 1.04 bits per heavy atom. The molecule has 0 aliphatic carbocycles. The lowest BCUT2D eigenvalue weighted by Gasteiger charge is -2.19. The molecule has 2 amide bonds. The van der Waals surface area contributed by atoms with E-state index in [2.05, 4.69) is 13.0 Å². The number of hydrogen-bond acceptors (Lipinski definition) is 2. The van der Waals surface area contributed by atoms with Crippen LogP contribution < -0.4 is 4.90 Å². The van der Waals surface area contributed by atoms with Gasteiger partial charge in [0.1, 0.15) is 0 Å². The largest absolute Gasteiger partial charge is 0.342 e. The lowest BCUT2D eigenvalue weighted by molar-refractivity contribution is 0.0792. The SMILES string of the molecule is CCCCN(C)C(=O)c1ccc(C(=O)N2CCc3ccccc32)cc1. The van der Waals surface area contributed by atoms with Gasteiger partial charge in [-0.2, -0.15) is 0 Å². The first-order chi connectivity index (χ1) is 12.1. The van der Waals surface area contributed by atoms with Gasteiger partial charge in [0, 0.05) is 37.0 Å². The van der Waals surface area contributed by atoms with E-state index in [1.54, 1.807) is 29.2 Å². The normalized spacial score (nSPS) is 12.8. The molecule has 0 spiro atoms. The third kappa shape index (κ3) is 3.58. The van der Waals surface area contributed by atoms with Crippen molar-refractivity contribution in [1.82, 2.24) is 4.90 Å². The van der Waals surface area contributed by atoms with E-state index < -0.39 is 0 Å². The van der Waals surface area contributed by atoms with Gasteiger partial charge in [0.2, 0.25) is 0 Å². The number of unbranched alkanes of at least 4 members (excludes halogenated alkanes) is 1. The predicted molar refractivity (Wildman–Crippen MR) is 100 cm³/mol. The van der Waals surface area contributed by atoms with Crippen LogP contribution in [0, 0.1) is 0 Å². The molecule has 0 aromatic heterocycles. The number of rotatable bonds is 5. The van der Waals surface area contributed by atoms with Gasteiger partial charge in [0.25, 0.3) is 11.8 Å². The monoisotopic (exact) mass is 336 g/mol. The number of anilines is 1. The molecule has 25 heavy (non-hydrogen) atoms. The molecular formula is C21H24N2O2. The maximum Gasteiger partial charge on any atom is 0.258 e. The molecule has 0 radical (unpaired) electrons. The lowest BCUT2D eigenvalue weighted by Crippen LogP contribution is -2.29. The molecule has 0 fully saturated rings. The number of amides is 2. The van der Waals surface area contributed by atoms with Crippen LogP contribution in [0.4, 0.5) is 5.69 Å². The van der Waals surface area contributed by atoms with E-state index in [0.29, 0.717) is 17.7 Å². The van der Waals surface area contributed by atoms with E-state index in [1.807, 2.05) is 30.1 Å². The minimum absolute atomic E-state index is 0.000956. The smallest absolute Gasteiger partial charge is 0.258 e. The van der Waals surface area contributed by atoms with Gasteiger partial charge in [-0.1, -0.05) is 31.5 Å². The number of carbonyl (C=O) groups is 2. The fraction of sp³-hybridized carbons (Fsp3) is 0.333. The van der Waals surface area contributed by atoms with E-state index in [0.717, 1.165) is 31.5 Å². The highest BCUT2D eigenvalue weighted by Gasteiger charge is 2.25.